The van der Waals surface area contributed by atoms with Crippen molar-refractivity contribution in [3.63, 3.8) is 0 Å². The Hall–Kier alpha value is -0.480. The molecule has 2 heteroatoms. The van der Waals surface area contributed by atoms with Crippen molar-refractivity contribution < 1.29 is 0 Å². The zero-order valence-corrected chi connectivity index (χ0v) is 9.27. The highest BCUT2D eigenvalue weighted by Crippen LogP contribution is 2.67. The minimum Gasteiger partial charge on any atom is -0.198 e. The molecule has 3 saturated carbocycles. The average Bonchev–Trinajstić information content (AvgIpc) is 2.94. The topological polar surface area (TPSA) is 23.8 Å². The molecule has 0 radical (unpaired) electrons. The Bertz CT molecular complexity index is 382. The van der Waals surface area contributed by atoms with Crippen molar-refractivity contribution >= 4 is 11.6 Å². The molecule has 15 heavy (non-hydrogen) atoms. The molecular weight excluding hydrogens is 206 g/mol. The first-order valence-electron chi connectivity index (χ1n) is 6.03. The third-order valence-corrected chi connectivity index (χ3v) is 6.07. The number of hydrogen-bond donors (Lipinski definition) is 0. The van der Waals surface area contributed by atoms with Gasteiger partial charge in [0.05, 0.1) is 17.4 Å². The molecule has 0 spiro atoms. The van der Waals surface area contributed by atoms with Gasteiger partial charge in [0.1, 0.15) is 0 Å². The number of alkyl halides is 1. The lowest BCUT2D eigenvalue weighted by Crippen LogP contribution is -2.37. The van der Waals surface area contributed by atoms with Gasteiger partial charge >= 0.3 is 0 Å². The normalized spacial score (nSPS) is 63.5. The summed E-state index contributed by atoms with van der Waals surface area (Å²) < 4.78 is 0. The maximum Gasteiger partial charge on any atom is 0.0674 e. The zero-order chi connectivity index (χ0) is 10.2. The summed E-state index contributed by atoms with van der Waals surface area (Å²) in [6.07, 6.45) is 7.40. The SMILES string of the molecule is N#CC1C(Cl)C2CC1C1C3C=CC(C3)C21. The molecule has 8 atom stereocenters. The Kier molecular flexibility index (Phi) is 1.50. The summed E-state index contributed by atoms with van der Waals surface area (Å²) >= 11 is 6.43. The lowest BCUT2D eigenvalue weighted by Gasteiger charge is -2.36. The Morgan fingerprint density at radius 1 is 1.07 bits per heavy atom. The van der Waals surface area contributed by atoms with E-state index in [1.54, 1.807) is 0 Å². The van der Waals surface area contributed by atoms with Crippen LogP contribution >= 0.6 is 11.6 Å². The van der Waals surface area contributed by atoms with Crippen LogP contribution in [0.25, 0.3) is 0 Å². The molecule has 78 valence electrons. The number of allylic oxidation sites excluding steroid dienone is 2. The summed E-state index contributed by atoms with van der Waals surface area (Å²) in [4.78, 5) is 0. The van der Waals surface area contributed by atoms with Crippen LogP contribution in [0.15, 0.2) is 12.2 Å². The van der Waals surface area contributed by atoms with Crippen molar-refractivity contribution in [2.75, 3.05) is 0 Å². The zero-order valence-electron chi connectivity index (χ0n) is 8.51. The van der Waals surface area contributed by atoms with Gasteiger partial charge in [0.25, 0.3) is 0 Å². The molecule has 4 aliphatic rings. The summed E-state index contributed by atoms with van der Waals surface area (Å²) in [6, 6.07) is 2.46. The minimum atomic E-state index is 0.144. The number of nitriles is 1. The van der Waals surface area contributed by atoms with Gasteiger partial charge in [0.2, 0.25) is 0 Å². The number of rotatable bonds is 0. The van der Waals surface area contributed by atoms with Gasteiger partial charge in [-0.05, 0) is 48.3 Å². The number of nitrogens with zero attached hydrogens (tertiary/aromatic N) is 1. The smallest absolute Gasteiger partial charge is 0.0674 e. The fourth-order valence-electron chi connectivity index (χ4n) is 5.13. The van der Waals surface area contributed by atoms with Crippen molar-refractivity contribution in [3.05, 3.63) is 12.2 Å². The number of hydrogen-bond acceptors (Lipinski definition) is 1. The molecule has 0 aromatic rings. The first-order valence-corrected chi connectivity index (χ1v) is 6.47. The Morgan fingerprint density at radius 3 is 2.40 bits per heavy atom. The van der Waals surface area contributed by atoms with E-state index in [0.717, 1.165) is 23.7 Å². The largest absolute Gasteiger partial charge is 0.198 e. The van der Waals surface area contributed by atoms with Gasteiger partial charge in [-0.1, -0.05) is 12.2 Å². The third kappa shape index (κ3) is 0.829. The minimum absolute atomic E-state index is 0.144. The molecule has 0 aromatic carbocycles. The van der Waals surface area contributed by atoms with Crippen LogP contribution in [0.5, 0.6) is 0 Å². The second-order valence-corrected chi connectivity index (χ2v) is 6.27. The molecule has 3 fully saturated rings. The highest BCUT2D eigenvalue weighted by molar-refractivity contribution is 6.21. The van der Waals surface area contributed by atoms with E-state index in [-0.39, 0.29) is 11.3 Å². The van der Waals surface area contributed by atoms with Crippen molar-refractivity contribution in [1.29, 1.82) is 5.26 Å². The van der Waals surface area contributed by atoms with Gasteiger partial charge in [-0.15, -0.1) is 11.6 Å². The first-order chi connectivity index (χ1) is 7.31. The van der Waals surface area contributed by atoms with E-state index < -0.39 is 0 Å². The average molecular weight is 220 g/mol. The molecular formula is C13H14ClN. The molecule has 1 nitrogen and oxygen atoms in total. The standard InChI is InChI=1S/C13H14ClN/c14-13-9-4-8(10(13)5-15)11-6-1-2-7(3-6)12(9)11/h1-2,6-13H,3-4H2. The number of fused-ring (bicyclic) bond motifs is 9. The fraction of sp³-hybridized carbons (Fsp3) is 0.769. The summed E-state index contributed by atoms with van der Waals surface area (Å²) in [5.74, 6) is 4.64. The lowest BCUT2D eigenvalue weighted by molar-refractivity contribution is 0.180. The van der Waals surface area contributed by atoms with Crippen LogP contribution in [0.3, 0.4) is 0 Å². The van der Waals surface area contributed by atoms with E-state index in [2.05, 4.69) is 18.2 Å². The lowest BCUT2D eigenvalue weighted by atomic mass is 9.69. The van der Waals surface area contributed by atoms with Crippen molar-refractivity contribution in [2.45, 2.75) is 18.2 Å². The highest BCUT2D eigenvalue weighted by atomic mass is 35.5. The van der Waals surface area contributed by atoms with Crippen molar-refractivity contribution in [1.82, 2.24) is 0 Å². The summed E-state index contributed by atoms with van der Waals surface area (Å²) in [6.45, 7) is 0. The Morgan fingerprint density at radius 2 is 1.73 bits per heavy atom. The van der Waals surface area contributed by atoms with Gasteiger partial charge in [-0.2, -0.15) is 5.26 Å². The van der Waals surface area contributed by atoms with Gasteiger partial charge < -0.3 is 0 Å². The second-order valence-electron chi connectivity index (χ2n) is 5.77. The van der Waals surface area contributed by atoms with E-state index in [1.807, 2.05) is 0 Å². The molecule has 0 N–H and O–H groups in total. The van der Waals surface area contributed by atoms with Crippen LogP contribution in [-0.4, -0.2) is 5.38 Å². The van der Waals surface area contributed by atoms with E-state index in [0.29, 0.717) is 11.8 Å². The summed E-state index contributed by atoms with van der Waals surface area (Å²) in [5, 5.41) is 9.34. The van der Waals surface area contributed by atoms with Crippen LogP contribution in [0, 0.1) is 52.8 Å². The second kappa shape index (κ2) is 2.61. The van der Waals surface area contributed by atoms with Crippen LogP contribution < -0.4 is 0 Å². The Balaban J connectivity index is 1.77. The molecule has 0 aromatic heterocycles. The van der Waals surface area contributed by atoms with Crippen molar-refractivity contribution in [2.24, 2.45) is 41.4 Å². The van der Waals surface area contributed by atoms with E-state index in [1.165, 1.54) is 12.8 Å². The van der Waals surface area contributed by atoms with Crippen LogP contribution in [0.2, 0.25) is 0 Å². The highest BCUT2D eigenvalue weighted by Gasteiger charge is 2.64. The monoisotopic (exact) mass is 219 g/mol. The maximum atomic E-state index is 9.20. The number of halogens is 1. The summed E-state index contributed by atoms with van der Waals surface area (Å²) in [5.41, 5.74) is 0. The predicted molar refractivity (Wildman–Crippen MR) is 58.1 cm³/mol. The van der Waals surface area contributed by atoms with Gasteiger partial charge in [0, 0.05) is 0 Å². The maximum absolute atomic E-state index is 9.20. The molecule has 0 heterocycles. The van der Waals surface area contributed by atoms with Gasteiger partial charge in [0.15, 0.2) is 0 Å². The van der Waals surface area contributed by atoms with Gasteiger partial charge in [-0.3, -0.25) is 0 Å². The van der Waals surface area contributed by atoms with Crippen LogP contribution in [0.1, 0.15) is 12.8 Å². The fourth-order valence-corrected chi connectivity index (χ4v) is 5.64. The molecule has 4 rings (SSSR count). The molecule has 4 aliphatic carbocycles. The predicted octanol–water partition coefficient (Wildman–Crippen LogP) is 2.82. The third-order valence-electron chi connectivity index (χ3n) is 5.48. The van der Waals surface area contributed by atoms with Crippen molar-refractivity contribution in [3.8, 4) is 6.07 Å². The molecule has 8 unspecified atom stereocenters. The van der Waals surface area contributed by atoms with E-state index in [4.69, 9.17) is 11.6 Å². The first kappa shape index (κ1) is 8.65. The molecule has 0 amide bonds. The van der Waals surface area contributed by atoms with E-state index in [9.17, 15) is 5.26 Å². The molecule has 4 bridgehead atoms. The van der Waals surface area contributed by atoms with Crippen LogP contribution in [-0.2, 0) is 0 Å². The van der Waals surface area contributed by atoms with Gasteiger partial charge in [-0.25, -0.2) is 0 Å². The quantitative estimate of drug-likeness (QED) is 0.349. The van der Waals surface area contributed by atoms with E-state index >= 15 is 0 Å². The molecule has 0 saturated heterocycles. The Labute approximate surface area is 95.1 Å². The molecule has 0 aliphatic heterocycles. The van der Waals surface area contributed by atoms with Crippen LogP contribution in [0.4, 0.5) is 0 Å². The summed E-state index contributed by atoms with van der Waals surface area (Å²) in [7, 11) is 0.